The molecule has 3 nitrogen and oxygen atoms in total. The van der Waals surface area contributed by atoms with Crippen LogP contribution in [0.3, 0.4) is 0 Å². The monoisotopic (exact) mass is 265 g/mol. The third-order valence-electron chi connectivity index (χ3n) is 2.43. The normalized spacial score (nSPS) is 16.2. The standard InChI is InChI=1S/C10H14F3N3S/c1-16(6-10(11,12)13)9-15-8(5-17-9)4-14-7-2-3-7/h5,7,14H,2-4,6H2,1H3. The van der Waals surface area contributed by atoms with Gasteiger partial charge in [0.15, 0.2) is 5.13 Å². The van der Waals surface area contributed by atoms with E-state index in [9.17, 15) is 13.2 Å². The molecular formula is C10H14F3N3S. The number of rotatable bonds is 5. The third kappa shape index (κ3) is 4.16. The lowest BCUT2D eigenvalue weighted by Crippen LogP contribution is -2.30. The van der Waals surface area contributed by atoms with Crippen LogP contribution in [0, 0.1) is 0 Å². The van der Waals surface area contributed by atoms with Crippen LogP contribution in [0.1, 0.15) is 18.5 Å². The van der Waals surface area contributed by atoms with Crippen molar-refractivity contribution in [2.24, 2.45) is 0 Å². The molecule has 0 unspecified atom stereocenters. The molecule has 1 fully saturated rings. The second-order valence-electron chi connectivity index (χ2n) is 4.25. The first-order chi connectivity index (χ1) is 7.94. The highest BCUT2D eigenvalue weighted by Crippen LogP contribution is 2.24. The average molecular weight is 265 g/mol. The van der Waals surface area contributed by atoms with Crippen LogP contribution >= 0.6 is 11.3 Å². The molecule has 1 aromatic rings. The summed E-state index contributed by atoms with van der Waals surface area (Å²) in [6.07, 6.45) is -1.82. The maximum Gasteiger partial charge on any atom is 0.405 e. The van der Waals surface area contributed by atoms with Gasteiger partial charge in [-0.3, -0.25) is 0 Å². The first-order valence-electron chi connectivity index (χ1n) is 5.40. The molecule has 0 atom stereocenters. The van der Waals surface area contributed by atoms with Gasteiger partial charge in [-0.1, -0.05) is 0 Å². The van der Waals surface area contributed by atoms with Crippen LogP contribution in [-0.2, 0) is 6.54 Å². The van der Waals surface area contributed by atoms with E-state index in [1.54, 1.807) is 5.38 Å². The zero-order chi connectivity index (χ0) is 12.5. The van der Waals surface area contributed by atoms with Crippen LogP contribution in [0.2, 0.25) is 0 Å². The van der Waals surface area contributed by atoms with Gasteiger partial charge in [0.05, 0.1) is 5.69 Å². The van der Waals surface area contributed by atoms with Crippen molar-refractivity contribution in [3.05, 3.63) is 11.1 Å². The van der Waals surface area contributed by atoms with Crippen molar-refractivity contribution in [1.29, 1.82) is 0 Å². The highest BCUT2D eigenvalue weighted by atomic mass is 32.1. The van der Waals surface area contributed by atoms with Crippen molar-refractivity contribution in [2.75, 3.05) is 18.5 Å². The highest BCUT2D eigenvalue weighted by molar-refractivity contribution is 7.13. The summed E-state index contributed by atoms with van der Waals surface area (Å²) < 4.78 is 36.6. The summed E-state index contributed by atoms with van der Waals surface area (Å²) in [5.41, 5.74) is 0.811. The Bertz CT molecular complexity index is 373. The molecule has 0 radical (unpaired) electrons. The number of aromatic nitrogens is 1. The first kappa shape index (κ1) is 12.6. The lowest BCUT2D eigenvalue weighted by Gasteiger charge is -2.17. The summed E-state index contributed by atoms with van der Waals surface area (Å²) in [6, 6.07) is 0.577. The van der Waals surface area contributed by atoms with Crippen LogP contribution in [0.25, 0.3) is 0 Å². The summed E-state index contributed by atoms with van der Waals surface area (Å²) in [6.45, 7) is -0.322. The van der Waals surface area contributed by atoms with Gasteiger partial charge >= 0.3 is 6.18 Å². The van der Waals surface area contributed by atoms with Crippen molar-refractivity contribution in [3.63, 3.8) is 0 Å². The highest BCUT2D eigenvalue weighted by Gasteiger charge is 2.30. The largest absolute Gasteiger partial charge is 0.405 e. The van der Waals surface area contributed by atoms with E-state index in [1.807, 2.05) is 0 Å². The fourth-order valence-corrected chi connectivity index (χ4v) is 2.22. The Morgan fingerprint density at radius 1 is 1.53 bits per heavy atom. The zero-order valence-corrected chi connectivity index (χ0v) is 10.2. The predicted octanol–water partition coefficient (Wildman–Crippen LogP) is 2.39. The molecule has 1 N–H and O–H groups in total. The van der Waals surface area contributed by atoms with E-state index in [2.05, 4.69) is 10.3 Å². The number of nitrogens with zero attached hydrogens (tertiary/aromatic N) is 2. The SMILES string of the molecule is CN(CC(F)(F)F)c1nc(CNC2CC2)cs1. The lowest BCUT2D eigenvalue weighted by molar-refractivity contribution is -0.119. The van der Waals surface area contributed by atoms with E-state index in [-0.39, 0.29) is 0 Å². The van der Waals surface area contributed by atoms with Crippen LogP contribution in [0.4, 0.5) is 18.3 Å². The van der Waals surface area contributed by atoms with Crippen molar-refractivity contribution in [1.82, 2.24) is 10.3 Å². The van der Waals surface area contributed by atoms with E-state index >= 15 is 0 Å². The molecule has 1 aromatic heterocycles. The van der Waals surface area contributed by atoms with E-state index < -0.39 is 12.7 Å². The molecule has 17 heavy (non-hydrogen) atoms. The Kier molecular flexibility index (Phi) is 3.58. The molecule has 7 heteroatoms. The Morgan fingerprint density at radius 2 is 2.24 bits per heavy atom. The zero-order valence-electron chi connectivity index (χ0n) is 9.42. The minimum atomic E-state index is -4.19. The molecule has 0 aromatic carbocycles. The van der Waals surface area contributed by atoms with E-state index in [0.29, 0.717) is 17.7 Å². The fourth-order valence-electron chi connectivity index (χ4n) is 1.43. The second-order valence-corrected chi connectivity index (χ2v) is 5.08. The topological polar surface area (TPSA) is 28.2 Å². The van der Waals surface area contributed by atoms with Gasteiger partial charge in [0, 0.05) is 25.0 Å². The smallest absolute Gasteiger partial charge is 0.342 e. The molecule has 1 saturated carbocycles. The third-order valence-corrected chi connectivity index (χ3v) is 3.44. The minimum Gasteiger partial charge on any atom is -0.342 e. The second kappa shape index (κ2) is 4.81. The molecule has 0 saturated heterocycles. The van der Waals surface area contributed by atoms with E-state index in [0.717, 1.165) is 10.6 Å². The molecule has 2 rings (SSSR count). The summed E-state index contributed by atoms with van der Waals surface area (Å²) >= 11 is 1.25. The Morgan fingerprint density at radius 3 is 2.82 bits per heavy atom. The molecule has 1 aliphatic rings. The number of anilines is 1. The van der Waals surface area contributed by atoms with Crippen LogP contribution in [0.15, 0.2) is 5.38 Å². The summed E-state index contributed by atoms with van der Waals surface area (Å²) in [5, 5.41) is 5.49. The van der Waals surface area contributed by atoms with E-state index in [4.69, 9.17) is 0 Å². The lowest BCUT2D eigenvalue weighted by atomic mass is 10.5. The first-order valence-corrected chi connectivity index (χ1v) is 6.28. The summed E-state index contributed by atoms with van der Waals surface area (Å²) in [7, 11) is 1.41. The van der Waals surface area contributed by atoms with Gasteiger partial charge < -0.3 is 10.2 Å². The Hall–Kier alpha value is -0.820. The van der Waals surface area contributed by atoms with Crippen molar-refractivity contribution >= 4 is 16.5 Å². The molecular weight excluding hydrogens is 251 g/mol. The summed E-state index contributed by atoms with van der Waals surface area (Å²) in [5.74, 6) is 0. The maximum atomic E-state index is 12.2. The van der Waals surface area contributed by atoms with Gasteiger partial charge in [0.2, 0.25) is 0 Å². The molecule has 0 amide bonds. The van der Waals surface area contributed by atoms with Crippen molar-refractivity contribution < 1.29 is 13.2 Å². The molecule has 1 aliphatic carbocycles. The quantitative estimate of drug-likeness (QED) is 0.886. The van der Waals surface area contributed by atoms with Gasteiger partial charge in [-0.2, -0.15) is 13.2 Å². The summed E-state index contributed by atoms with van der Waals surface area (Å²) in [4.78, 5) is 5.31. The number of hydrogen-bond acceptors (Lipinski definition) is 4. The van der Waals surface area contributed by atoms with Crippen LogP contribution < -0.4 is 10.2 Å². The molecule has 0 bridgehead atoms. The maximum absolute atomic E-state index is 12.2. The van der Waals surface area contributed by atoms with Gasteiger partial charge in [-0.05, 0) is 12.8 Å². The average Bonchev–Trinajstić information content (AvgIpc) is 2.90. The fraction of sp³-hybridized carbons (Fsp3) is 0.700. The van der Waals surface area contributed by atoms with Gasteiger partial charge in [-0.15, -0.1) is 11.3 Å². The number of alkyl halides is 3. The van der Waals surface area contributed by atoms with Crippen molar-refractivity contribution in [3.8, 4) is 0 Å². The van der Waals surface area contributed by atoms with E-state index in [1.165, 1.54) is 31.2 Å². The number of hydrogen-bond donors (Lipinski definition) is 1. The van der Waals surface area contributed by atoms with Crippen molar-refractivity contribution in [2.45, 2.75) is 31.6 Å². The predicted molar refractivity (Wildman–Crippen MR) is 61.3 cm³/mol. The minimum absolute atomic E-state index is 0.412. The van der Waals surface area contributed by atoms with Crippen LogP contribution in [0.5, 0.6) is 0 Å². The molecule has 1 heterocycles. The van der Waals surface area contributed by atoms with Crippen LogP contribution in [-0.4, -0.2) is 30.8 Å². The Labute approximate surface area is 102 Å². The number of halogens is 3. The number of nitrogens with one attached hydrogen (secondary N) is 1. The van der Waals surface area contributed by atoms with Gasteiger partial charge in [0.25, 0.3) is 0 Å². The van der Waals surface area contributed by atoms with Gasteiger partial charge in [-0.25, -0.2) is 4.98 Å². The Balaban J connectivity index is 1.87. The molecule has 0 aliphatic heterocycles. The number of thiazole rings is 1. The molecule has 0 spiro atoms. The molecule has 96 valence electrons. The van der Waals surface area contributed by atoms with Gasteiger partial charge in [0.1, 0.15) is 6.54 Å².